The summed E-state index contributed by atoms with van der Waals surface area (Å²) in [5.41, 5.74) is 2.88. The normalized spacial score (nSPS) is 15.2. The summed E-state index contributed by atoms with van der Waals surface area (Å²) in [6, 6.07) is 12.1. The van der Waals surface area contributed by atoms with Gasteiger partial charge >= 0.3 is 0 Å². The molecular weight excluding hydrogens is 310 g/mol. The second-order valence-electron chi connectivity index (χ2n) is 6.91. The number of pyridine rings is 1. The predicted octanol–water partition coefficient (Wildman–Crippen LogP) is 3.98. The lowest BCUT2D eigenvalue weighted by atomic mass is 9.99. The quantitative estimate of drug-likeness (QED) is 0.828. The van der Waals surface area contributed by atoms with Gasteiger partial charge in [0.1, 0.15) is 0 Å². The zero-order valence-corrected chi connectivity index (χ0v) is 15.2. The molecule has 4 heteroatoms. The van der Waals surface area contributed by atoms with E-state index in [-0.39, 0.29) is 5.91 Å². The van der Waals surface area contributed by atoms with E-state index in [1.54, 1.807) is 6.20 Å². The molecule has 0 atom stereocenters. The van der Waals surface area contributed by atoms with Gasteiger partial charge in [0, 0.05) is 32.4 Å². The van der Waals surface area contributed by atoms with E-state index in [2.05, 4.69) is 28.9 Å². The first kappa shape index (κ1) is 17.5. The lowest BCUT2D eigenvalue weighted by Gasteiger charge is -2.32. The largest absolute Gasteiger partial charge is 0.370 e. The topological polar surface area (TPSA) is 36.4 Å². The van der Waals surface area contributed by atoms with Crippen LogP contribution in [0.2, 0.25) is 0 Å². The Morgan fingerprint density at radius 1 is 1.20 bits per heavy atom. The Bertz CT molecular complexity index is 693. The second-order valence-corrected chi connectivity index (χ2v) is 6.91. The number of nitrogens with zero attached hydrogens (tertiary/aromatic N) is 3. The fraction of sp³-hybridized carbons (Fsp3) is 0.429. The van der Waals surface area contributed by atoms with Crippen molar-refractivity contribution in [2.75, 3.05) is 24.5 Å². The number of hydrogen-bond acceptors (Lipinski definition) is 3. The van der Waals surface area contributed by atoms with Crippen LogP contribution in [0, 0.1) is 5.92 Å². The van der Waals surface area contributed by atoms with Crippen LogP contribution in [-0.4, -0.2) is 35.4 Å². The minimum Gasteiger partial charge on any atom is -0.370 e. The zero-order chi connectivity index (χ0) is 17.6. The smallest absolute Gasteiger partial charge is 0.255 e. The van der Waals surface area contributed by atoms with Gasteiger partial charge in [0.05, 0.1) is 17.4 Å². The number of benzene rings is 1. The maximum atomic E-state index is 12.9. The van der Waals surface area contributed by atoms with Crippen molar-refractivity contribution >= 4 is 11.6 Å². The molecule has 1 aromatic heterocycles. The van der Waals surface area contributed by atoms with Gasteiger partial charge in [-0.3, -0.25) is 9.78 Å². The summed E-state index contributed by atoms with van der Waals surface area (Å²) in [6.07, 6.45) is 5.97. The Morgan fingerprint density at radius 3 is 2.60 bits per heavy atom. The highest BCUT2D eigenvalue weighted by Gasteiger charge is 2.19. The number of piperidine rings is 1. The van der Waals surface area contributed by atoms with Gasteiger partial charge in [-0.15, -0.1) is 0 Å². The van der Waals surface area contributed by atoms with Crippen LogP contribution >= 0.6 is 0 Å². The van der Waals surface area contributed by atoms with E-state index in [4.69, 9.17) is 0 Å². The van der Waals surface area contributed by atoms with E-state index in [1.807, 2.05) is 42.3 Å². The highest BCUT2D eigenvalue weighted by atomic mass is 16.2. The van der Waals surface area contributed by atoms with Gasteiger partial charge in [-0.05, 0) is 37.3 Å². The summed E-state index contributed by atoms with van der Waals surface area (Å²) in [5, 5.41) is 0. The Kier molecular flexibility index (Phi) is 5.69. The third-order valence-electron chi connectivity index (χ3n) is 5.00. The number of aromatic nitrogens is 1. The van der Waals surface area contributed by atoms with Crippen molar-refractivity contribution < 1.29 is 4.79 Å². The lowest BCUT2D eigenvalue weighted by molar-refractivity contribution is 0.0752. The van der Waals surface area contributed by atoms with Crippen LogP contribution in [-0.2, 0) is 6.54 Å². The summed E-state index contributed by atoms with van der Waals surface area (Å²) in [6.45, 7) is 7.72. The molecule has 0 aliphatic carbocycles. The highest BCUT2D eigenvalue weighted by Crippen LogP contribution is 2.23. The summed E-state index contributed by atoms with van der Waals surface area (Å²) in [7, 11) is 0. The van der Waals surface area contributed by atoms with Gasteiger partial charge in [-0.25, -0.2) is 0 Å². The van der Waals surface area contributed by atoms with Crippen LogP contribution < -0.4 is 4.90 Å². The van der Waals surface area contributed by atoms with Gasteiger partial charge in [0.15, 0.2) is 0 Å². The molecule has 1 fully saturated rings. The molecular formula is C21H27N3O. The molecule has 0 N–H and O–H groups in total. The molecule has 1 aliphatic heterocycles. The predicted molar refractivity (Wildman–Crippen MR) is 102 cm³/mol. The highest BCUT2D eigenvalue weighted by molar-refractivity contribution is 5.94. The Morgan fingerprint density at radius 2 is 1.92 bits per heavy atom. The van der Waals surface area contributed by atoms with E-state index in [9.17, 15) is 4.79 Å². The van der Waals surface area contributed by atoms with Crippen molar-refractivity contribution in [2.24, 2.45) is 5.92 Å². The monoisotopic (exact) mass is 337 g/mol. The molecule has 3 rings (SSSR count). The average Bonchev–Trinajstić information content (AvgIpc) is 2.67. The van der Waals surface area contributed by atoms with Crippen LogP contribution in [0.4, 0.5) is 5.69 Å². The first-order valence-electron chi connectivity index (χ1n) is 9.20. The van der Waals surface area contributed by atoms with E-state index in [0.717, 1.165) is 30.3 Å². The van der Waals surface area contributed by atoms with Gasteiger partial charge < -0.3 is 9.80 Å². The maximum absolute atomic E-state index is 12.9. The number of anilines is 1. The molecule has 2 heterocycles. The van der Waals surface area contributed by atoms with E-state index >= 15 is 0 Å². The Labute approximate surface area is 150 Å². The van der Waals surface area contributed by atoms with Gasteiger partial charge in [-0.1, -0.05) is 37.3 Å². The van der Waals surface area contributed by atoms with E-state index < -0.39 is 0 Å². The van der Waals surface area contributed by atoms with Gasteiger partial charge in [-0.2, -0.15) is 0 Å². The molecule has 0 radical (unpaired) electrons. The maximum Gasteiger partial charge on any atom is 0.255 e. The molecule has 0 bridgehead atoms. The van der Waals surface area contributed by atoms with Gasteiger partial charge in [0.2, 0.25) is 0 Å². The molecule has 2 aromatic rings. The van der Waals surface area contributed by atoms with E-state index in [0.29, 0.717) is 18.7 Å². The summed E-state index contributed by atoms with van der Waals surface area (Å²) < 4.78 is 0. The zero-order valence-electron chi connectivity index (χ0n) is 15.2. The molecule has 0 unspecified atom stereocenters. The van der Waals surface area contributed by atoms with Crippen molar-refractivity contribution in [3.8, 4) is 0 Å². The van der Waals surface area contributed by atoms with Gasteiger partial charge in [0.25, 0.3) is 5.91 Å². The summed E-state index contributed by atoms with van der Waals surface area (Å²) in [4.78, 5) is 21.5. The first-order chi connectivity index (χ1) is 12.2. The molecule has 4 nitrogen and oxygen atoms in total. The molecule has 1 saturated heterocycles. The van der Waals surface area contributed by atoms with Crippen LogP contribution in [0.1, 0.15) is 42.6 Å². The number of hydrogen-bond donors (Lipinski definition) is 0. The summed E-state index contributed by atoms with van der Waals surface area (Å²) in [5.74, 6) is 0.835. The molecule has 1 aliphatic rings. The van der Waals surface area contributed by atoms with Crippen molar-refractivity contribution in [1.29, 1.82) is 0 Å². The average molecular weight is 337 g/mol. The Hall–Kier alpha value is -2.36. The Balaban J connectivity index is 1.73. The van der Waals surface area contributed by atoms with E-state index in [1.165, 1.54) is 12.8 Å². The fourth-order valence-corrected chi connectivity index (χ4v) is 3.30. The van der Waals surface area contributed by atoms with Crippen molar-refractivity contribution in [3.05, 3.63) is 59.9 Å². The first-order valence-corrected chi connectivity index (χ1v) is 9.20. The molecule has 0 spiro atoms. The summed E-state index contributed by atoms with van der Waals surface area (Å²) >= 11 is 0. The number of rotatable bonds is 5. The number of carbonyl (C=O) groups is 1. The van der Waals surface area contributed by atoms with Crippen molar-refractivity contribution in [2.45, 2.75) is 33.2 Å². The SMILES string of the molecule is CCN(Cc1ccccc1)C(=O)c1cncc(N2CCC(C)CC2)c1. The molecule has 25 heavy (non-hydrogen) atoms. The molecule has 1 amide bonds. The molecule has 132 valence electrons. The third kappa shape index (κ3) is 4.38. The molecule has 1 aromatic carbocycles. The lowest BCUT2D eigenvalue weighted by Crippen LogP contribution is -2.33. The van der Waals surface area contributed by atoms with Crippen LogP contribution in [0.3, 0.4) is 0 Å². The second kappa shape index (κ2) is 8.15. The van der Waals surface area contributed by atoms with Crippen molar-refractivity contribution in [1.82, 2.24) is 9.88 Å². The standard InChI is InChI=1S/C21H27N3O/c1-3-23(16-18-7-5-4-6-8-18)21(25)19-13-20(15-22-14-19)24-11-9-17(2)10-12-24/h4-8,13-15,17H,3,9-12,16H2,1-2H3. The van der Waals surface area contributed by atoms with Crippen LogP contribution in [0.15, 0.2) is 48.8 Å². The third-order valence-corrected chi connectivity index (χ3v) is 5.00. The minimum absolute atomic E-state index is 0.0473. The fourth-order valence-electron chi connectivity index (χ4n) is 3.30. The van der Waals surface area contributed by atoms with Crippen molar-refractivity contribution in [3.63, 3.8) is 0 Å². The minimum atomic E-state index is 0.0473. The number of amides is 1. The molecule has 0 saturated carbocycles. The van der Waals surface area contributed by atoms with Crippen LogP contribution in [0.5, 0.6) is 0 Å². The number of carbonyl (C=O) groups excluding carboxylic acids is 1. The van der Waals surface area contributed by atoms with Crippen LogP contribution in [0.25, 0.3) is 0 Å².